The Bertz CT molecular complexity index is 763. The third-order valence-electron chi connectivity index (χ3n) is 6.21. The molecule has 1 heterocycles. The molecule has 0 radical (unpaired) electrons. The lowest BCUT2D eigenvalue weighted by Crippen LogP contribution is -2.54. The van der Waals surface area contributed by atoms with Gasteiger partial charge in [-0.2, -0.15) is 4.31 Å². The number of hydrogen-bond acceptors (Lipinski definition) is 4. The Morgan fingerprint density at radius 1 is 1.00 bits per heavy atom. The summed E-state index contributed by atoms with van der Waals surface area (Å²) in [5.41, 5.74) is 1.26. The van der Waals surface area contributed by atoms with E-state index in [0.717, 1.165) is 0 Å². The lowest BCUT2D eigenvalue weighted by Gasteiger charge is -2.37. The van der Waals surface area contributed by atoms with Crippen molar-refractivity contribution >= 4 is 15.9 Å². The minimum Gasteiger partial charge on any atom is -0.347 e. The first-order valence-electron chi connectivity index (χ1n) is 10.4. The van der Waals surface area contributed by atoms with Gasteiger partial charge in [0.05, 0.1) is 10.9 Å². The number of sulfonamides is 1. The fraction of sp³-hybridized carbons (Fsp3) is 0.667. The molecule has 1 saturated carbocycles. The third-order valence-corrected chi connectivity index (χ3v) is 8.13. The van der Waals surface area contributed by atoms with Crippen molar-refractivity contribution in [3.8, 4) is 0 Å². The summed E-state index contributed by atoms with van der Waals surface area (Å²) in [6, 6.07) is 7.30. The van der Waals surface area contributed by atoms with Crippen LogP contribution < -0.4 is 0 Å². The highest BCUT2D eigenvalue weighted by Crippen LogP contribution is 2.33. The van der Waals surface area contributed by atoms with Crippen molar-refractivity contribution in [3.63, 3.8) is 0 Å². The summed E-state index contributed by atoms with van der Waals surface area (Å²) in [4.78, 5) is 16.2. The minimum atomic E-state index is -3.48. The van der Waals surface area contributed by atoms with Gasteiger partial charge in [-0.25, -0.2) is 8.42 Å². The van der Waals surface area contributed by atoms with Crippen LogP contribution in [0.25, 0.3) is 0 Å². The van der Waals surface area contributed by atoms with Crippen LogP contribution in [0.1, 0.15) is 50.5 Å². The second-order valence-corrected chi connectivity index (χ2v) is 10.2. The van der Waals surface area contributed by atoms with E-state index in [2.05, 4.69) is 4.90 Å². The molecule has 0 spiro atoms. The van der Waals surface area contributed by atoms with E-state index in [4.69, 9.17) is 0 Å². The van der Waals surface area contributed by atoms with Crippen molar-refractivity contribution in [1.29, 1.82) is 0 Å². The highest BCUT2D eigenvalue weighted by molar-refractivity contribution is 7.89. The van der Waals surface area contributed by atoms with E-state index in [1.54, 1.807) is 35.4 Å². The van der Waals surface area contributed by atoms with E-state index in [0.29, 0.717) is 37.0 Å². The molecular weight excluding hydrogens is 374 g/mol. The van der Waals surface area contributed by atoms with Crippen LogP contribution >= 0.6 is 0 Å². The number of amides is 1. The molecule has 1 aromatic carbocycles. The minimum absolute atomic E-state index is 0.0506. The summed E-state index contributed by atoms with van der Waals surface area (Å²) in [5.74, 6) is 0.624. The maximum absolute atomic E-state index is 13.0. The Balaban J connectivity index is 1.63. The van der Waals surface area contributed by atoms with E-state index in [-0.39, 0.29) is 11.9 Å². The molecule has 0 bridgehead atoms. The maximum atomic E-state index is 13.0. The first-order valence-corrected chi connectivity index (χ1v) is 11.8. The van der Waals surface area contributed by atoms with Crippen LogP contribution in [0.4, 0.5) is 0 Å². The summed E-state index contributed by atoms with van der Waals surface area (Å²) >= 11 is 0. The fourth-order valence-electron chi connectivity index (χ4n) is 4.36. The van der Waals surface area contributed by atoms with Crippen molar-refractivity contribution in [3.05, 3.63) is 29.8 Å². The molecule has 1 aromatic rings. The van der Waals surface area contributed by atoms with Gasteiger partial charge in [-0.1, -0.05) is 31.4 Å². The van der Waals surface area contributed by atoms with Gasteiger partial charge in [-0.3, -0.25) is 9.69 Å². The summed E-state index contributed by atoms with van der Waals surface area (Å²) in [6.45, 7) is 3.85. The molecule has 1 aliphatic carbocycles. The molecule has 1 saturated heterocycles. The van der Waals surface area contributed by atoms with Gasteiger partial charge < -0.3 is 4.90 Å². The second kappa shape index (κ2) is 8.93. The smallest absolute Gasteiger partial charge is 0.243 e. The van der Waals surface area contributed by atoms with Crippen LogP contribution in [0.3, 0.4) is 0 Å². The molecule has 0 unspecified atom stereocenters. The number of nitrogens with zero attached hydrogens (tertiary/aromatic N) is 3. The van der Waals surface area contributed by atoms with E-state index in [9.17, 15) is 13.2 Å². The summed E-state index contributed by atoms with van der Waals surface area (Å²) in [5, 5.41) is 0. The van der Waals surface area contributed by atoms with Gasteiger partial charge in [0.15, 0.2) is 0 Å². The highest BCUT2D eigenvalue weighted by atomic mass is 32.2. The molecule has 2 aliphatic rings. The Labute approximate surface area is 169 Å². The Morgan fingerprint density at radius 3 is 2.11 bits per heavy atom. The first-order chi connectivity index (χ1) is 13.3. The molecule has 1 amide bonds. The van der Waals surface area contributed by atoms with Crippen molar-refractivity contribution in [2.75, 3.05) is 40.3 Å². The Kier molecular flexibility index (Phi) is 6.78. The number of benzene rings is 1. The fourth-order valence-corrected chi connectivity index (χ4v) is 5.78. The van der Waals surface area contributed by atoms with Gasteiger partial charge in [0.25, 0.3) is 0 Å². The molecule has 1 aliphatic heterocycles. The summed E-state index contributed by atoms with van der Waals surface area (Å²) in [7, 11) is 0.00920. The predicted molar refractivity (Wildman–Crippen MR) is 111 cm³/mol. The second-order valence-electron chi connectivity index (χ2n) is 8.25. The van der Waals surface area contributed by atoms with Crippen LogP contribution in [0.5, 0.6) is 0 Å². The van der Waals surface area contributed by atoms with Gasteiger partial charge in [-0.05, 0) is 43.4 Å². The topological polar surface area (TPSA) is 60.9 Å². The van der Waals surface area contributed by atoms with Crippen LogP contribution in [0.15, 0.2) is 29.2 Å². The maximum Gasteiger partial charge on any atom is 0.243 e. The number of carbonyl (C=O) groups excluding carboxylic acids is 1. The van der Waals surface area contributed by atoms with E-state index in [1.165, 1.54) is 37.7 Å². The number of rotatable bonds is 5. The molecule has 156 valence electrons. The van der Waals surface area contributed by atoms with Crippen molar-refractivity contribution < 1.29 is 13.2 Å². The van der Waals surface area contributed by atoms with E-state index < -0.39 is 10.0 Å². The van der Waals surface area contributed by atoms with Crippen LogP contribution in [0, 0.1) is 0 Å². The zero-order chi connectivity index (χ0) is 20.3. The van der Waals surface area contributed by atoms with E-state index in [1.807, 2.05) is 19.1 Å². The van der Waals surface area contributed by atoms with Crippen molar-refractivity contribution in [2.45, 2.75) is 55.9 Å². The zero-order valence-corrected chi connectivity index (χ0v) is 18.1. The molecule has 6 nitrogen and oxygen atoms in total. The molecular formula is C21H33N3O3S. The average Bonchev–Trinajstić information content (AvgIpc) is 2.73. The lowest BCUT2D eigenvalue weighted by atomic mass is 9.84. The highest BCUT2D eigenvalue weighted by Gasteiger charge is 2.32. The van der Waals surface area contributed by atoms with Gasteiger partial charge in [-0.15, -0.1) is 0 Å². The molecule has 0 N–H and O–H groups in total. The van der Waals surface area contributed by atoms with Crippen LogP contribution in [-0.2, 0) is 14.8 Å². The molecule has 1 atom stereocenters. The zero-order valence-electron chi connectivity index (χ0n) is 17.3. The lowest BCUT2D eigenvalue weighted by molar-refractivity contribution is -0.134. The molecule has 3 rings (SSSR count). The Morgan fingerprint density at radius 2 is 1.57 bits per heavy atom. The van der Waals surface area contributed by atoms with Crippen LogP contribution in [0.2, 0.25) is 0 Å². The van der Waals surface area contributed by atoms with Gasteiger partial charge in [0.1, 0.15) is 0 Å². The largest absolute Gasteiger partial charge is 0.347 e. The SMILES string of the molecule is C[C@@H](C(=O)N(C)C)N1CCN(S(=O)(=O)c2ccc(C3CCCCC3)cc2)CC1. The van der Waals surface area contributed by atoms with Crippen LogP contribution in [-0.4, -0.2) is 74.7 Å². The van der Waals surface area contributed by atoms with Gasteiger partial charge in [0.2, 0.25) is 15.9 Å². The monoisotopic (exact) mass is 407 g/mol. The molecule has 7 heteroatoms. The van der Waals surface area contributed by atoms with E-state index >= 15 is 0 Å². The number of piperazine rings is 1. The molecule has 2 fully saturated rings. The third kappa shape index (κ3) is 4.58. The Hall–Kier alpha value is -1.44. The molecule has 28 heavy (non-hydrogen) atoms. The number of likely N-dealkylation sites (N-methyl/N-ethyl adjacent to an activating group) is 1. The predicted octanol–water partition coefficient (Wildman–Crippen LogP) is 2.52. The normalized spacial score (nSPS) is 21.4. The number of hydrogen-bond donors (Lipinski definition) is 0. The standard InChI is InChI=1S/C21H33N3O3S/c1-17(21(25)22(2)3)23-13-15-24(16-14-23)28(26,27)20-11-9-19(10-12-20)18-7-5-4-6-8-18/h9-12,17-18H,4-8,13-16H2,1-3H3/t17-/m0/s1. The van der Waals surface area contributed by atoms with Gasteiger partial charge in [0, 0.05) is 40.3 Å². The quantitative estimate of drug-likeness (QED) is 0.753. The number of carbonyl (C=O) groups is 1. The van der Waals surface area contributed by atoms with Crippen molar-refractivity contribution in [2.24, 2.45) is 0 Å². The summed E-state index contributed by atoms with van der Waals surface area (Å²) in [6.07, 6.45) is 6.26. The summed E-state index contributed by atoms with van der Waals surface area (Å²) < 4.78 is 27.6. The van der Waals surface area contributed by atoms with Gasteiger partial charge >= 0.3 is 0 Å². The van der Waals surface area contributed by atoms with Crippen molar-refractivity contribution in [1.82, 2.24) is 14.1 Å². The first kappa shape index (κ1) is 21.3. The molecule has 0 aromatic heterocycles. The average molecular weight is 408 g/mol.